The fraction of sp³-hybridized carbons (Fsp3) is 0.500. The maximum absolute atomic E-state index is 12.1. The molecule has 5 heteroatoms. The molecule has 0 radical (unpaired) electrons. The molecule has 1 rings (SSSR count). The zero-order valence-electron chi connectivity index (χ0n) is 11.8. The molecule has 1 amide bonds. The first-order valence-corrected chi connectivity index (χ1v) is 6.88. The number of anilines is 1. The molecule has 0 aliphatic carbocycles. The summed E-state index contributed by atoms with van der Waals surface area (Å²) in [6.45, 7) is 4.34. The monoisotopic (exact) mass is 283 g/mol. The third-order valence-corrected chi connectivity index (χ3v) is 2.87. The van der Waals surface area contributed by atoms with E-state index in [4.69, 9.17) is 11.6 Å². The van der Waals surface area contributed by atoms with Crippen LogP contribution in [0.1, 0.15) is 23.7 Å². The molecule has 0 saturated carbocycles. The second-order valence-corrected chi connectivity index (χ2v) is 5.11. The third kappa shape index (κ3) is 5.49. The Labute approximate surface area is 120 Å². The molecule has 19 heavy (non-hydrogen) atoms. The molecular weight excluding hydrogens is 262 g/mol. The maximum atomic E-state index is 12.1. The summed E-state index contributed by atoms with van der Waals surface area (Å²) in [4.78, 5) is 14.2. The minimum Gasteiger partial charge on any atom is -0.384 e. The molecule has 0 spiro atoms. The van der Waals surface area contributed by atoms with Crippen molar-refractivity contribution in [3.05, 3.63) is 28.8 Å². The molecule has 1 aromatic carbocycles. The molecule has 4 nitrogen and oxygen atoms in total. The van der Waals surface area contributed by atoms with Gasteiger partial charge in [0.05, 0.1) is 5.56 Å². The average Bonchev–Trinajstić information content (AvgIpc) is 2.36. The second kappa shape index (κ2) is 8.02. The summed E-state index contributed by atoms with van der Waals surface area (Å²) in [5.74, 6) is -0.0945. The van der Waals surface area contributed by atoms with Gasteiger partial charge in [0.1, 0.15) is 0 Å². The van der Waals surface area contributed by atoms with Crippen LogP contribution >= 0.6 is 11.6 Å². The Balaban J connectivity index is 2.72. The lowest BCUT2D eigenvalue weighted by Gasteiger charge is -2.14. The summed E-state index contributed by atoms with van der Waals surface area (Å²) < 4.78 is 0. The number of halogens is 1. The molecule has 0 saturated heterocycles. The number of benzene rings is 1. The Morgan fingerprint density at radius 3 is 2.68 bits per heavy atom. The highest BCUT2D eigenvalue weighted by Gasteiger charge is 2.11. The van der Waals surface area contributed by atoms with Crippen molar-refractivity contribution >= 4 is 23.2 Å². The first kappa shape index (κ1) is 15.8. The first-order chi connectivity index (χ1) is 9.04. The lowest BCUT2D eigenvalue weighted by atomic mass is 10.1. The van der Waals surface area contributed by atoms with Crippen LogP contribution in [0.25, 0.3) is 0 Å². The molecule has 0 bridgehead atoms. The summed E-state index contributed by atoms with van der Waals surface area (Å²) >= 11 is 5.96. The number of carbonyl (C=O) groups is 1. The molecule has 0 atom stereocenters. The van der Waals surface area contributed by atoms with Crippen molar-refractivity contribution < 1.29 is 4.79 Å². The number of hydrogen-bond donors (Lipinski definition) is 2. The molecule has 0 aliphatic heterocycles. The fourth-order valence-electron chi connectivity index (χ4n) is 1.61. The summed E-state index contributed by atoms with van der Waals surface area (Å²) in [7, 11) is 3.94. The fourth-order valence-corrected chi connectivity index (χ4v) is 1.78. The van der Waals surface area contributed by atoms with Gasteiger partial charge in [-0.3, -0.25) is 4.79 Å². The lowest BCUT2D eigenvalue weighted by molar-refractivity contribution is 0.0952. The molecular formula is C14H22ClN3O. The number of nitrogens with zero attached hydrogens (tertiary/aromatic N) is 1. The van der Waals surface area contributed by atoms with Gasteiger partial charge in [-0.25, -0.2) is 0 Å². The zero-order chi connectivity index (χ0) is 14.3. The van der Waals surface area contributed by atoms with Crippen LogP contribution in [0.15, 0.2) is 18.2 Å². The number of amides is 1. The van der Waals surface area contributed by atoms with E-state index in [0.29, 0.717) is 17.1 Å². The van der Waals surface area contributed by atoms with Gasteiger partial charge >= 0.3 is 0 Å². The lowest BCUT2D eigenvalue weighted by Crippen LogP contribution is -2.31. The summed E-state index contributed by atoms with van der Waals surface area (Å²) in [5.41, 5.74) is 1.42. The van der Waals surface area contributed by atoms with Gasteiger partial charge in [-0.1, -0.05) is 18.5 Å². The van der Waals surface area contributed by atoms with Gasteiger partial charge in [-0.2, -0.15) is 0 Å². The van der Waals surface area contributed by atoms with Crippen molar-refractivity contribution in [3.63, 3.8) is 0 Å². The number of nitrogens with one attached hydrogen (secondary N) is 2. The topological polar surface area (TPSA) is 44.4 Å². The van der Waals surface area contributed by atoms with Crippen molar-refractivity contribution in [2.45, 2.75) is 13.3 Å². The van der Waals surface area contributed by atoms with Crippen molar-refractivity contribution in [1.82, 2.24) is 10.2 Å². The molecule has 1 aromatic rings. The van der Waals surface area contributed by atoms with E-state index in [1.807, 2.05) is 25.1 Å². The van der Waals surface area contributed by atoms with E-state index in [9.17, 15) is 4.79 Å². The Hall–Kier alpha value is -1.26. The minimum absolute atomic E-state index is 0.0945. The van der Waals surface area contributed by atoms with E-state index in [1.165, 1.54) is 0 Å². The Kier molecular flexibility index (Phi) is 6.67. The van der Waals surface area contributed by atoms with Crippen molar-refractivity contribution in [1.29, 1.82) is 0 Å². The SMILES string of the molecule is CCCNc1ccc(Cl)cc1C(=O)NCCN(C)C. The average molecular weight is 284 g/mol. The highest BCUT2D eigenvalue weighted by atomic mass is 35.5. The Morgan fingerprint density at radius 2 is 2.05 bits per heavy atom. The molecule has 2 N–H and O–H groups in total. The van der Waals surface area contributed by atoms with Crippen molar-refractivity contribution in [3.8, 4) is 0 Å². The smallest absolute Gasteiger partial charge is 0.253 e. The number of likely N-dealkylation sites (N-methyl/N-ethyl adjacent to an activating group) is 1. The van der Waals surface area contributed by atoms with Crippen LogP contribution < -0.4 is 10.6 Å². The van der Waals surface area contributed by atoms with Crippen LogP contribution in [0.4, 0.5) is 5.69 Å². The Morgan fingerprint density at radius 1 is 1.32 bits per heavy atom. The number of hydrogen-bond acceptors (Lipinski definition) is 3. The summed E-state index contributed by atoms with van der Waals surface area (Å²) in [6, 6.07) is 5.33. The van der Waals surface area contributed by atoms with Gasteiger partial charge in [0.15, 0.2) is 0 Å². The standard InChI is InChI=1S/C14H22ClN3O/c1-4-7-16-13-6-5-11(15)10-12(13)14(19)17-8-9-18(2)3/h5-6,10,16H,4,7-9H2,1-3H3,(H,17,19). The molecule has 0 unspecified atom stereocenters. The minimum atomic E-state index is -0.0945. The van der Waals surface area contributed by atoms with E-state index in [0.717, 1.165) is 25.2 Å². The van der Waals surface area contributed by atoms with Gasteiger partial charge in [-0.15, -0.1) is 0 Å². The molecule has 0 heterocycles. The first-order valence-electron chi connectivity index (χ1n) is 6.51. The van der Waals surface area contributed by atoms with Crippen molar-refractivity contribution in [2.24, 2.45) is 0 Å². The zero-order valence-corrected chi connectivity index (χ0v) is 12.5. The number of carbonyl (C=O) groups excluding carboxylic acids is 1. The highest BCUT2D eigenvalue weighted by Crippen LogP contribution is 2.20. The van der Waals surface area contributed by atoms with Crippen LogP contribution in [-0.2, 0) is 0 Å². The quantitative estimate of drug-likeness (QED) is 0.808. The summed E-state index contributed by atoms with van der Waals surface area (Å²) in [5, 5.41) is 6.70. The third-order valence-electron chi connectivity index (χ3n) is 2.64. The van der Waals surface area contributed by atoms with E-state index >= 15 is 0 Å². The van der Waals surface area contributed by atoms with Crippen LogP contribution in [0.2, 0.25) is 5.02 Å². The largest absolute Gasteiger partial charge is 0.384 e. The summed E-state index contributed by atoms with van der Waals surface area (Å²) in [6.07, 6.45) is 1.00. The van der Waals surface area contributed by atoms with E-state index in [2.05, 4.69) is 17.6 Å². The van der Waals surface area contributed by atoms with Gasteiger partial charge in [0, 0.05) is 30.3 Å². The van der Waals surface area contributed by atoms with Gasteiger partial charge < -0.3 is 15.5 Å². The van der Waals surface area contributed by atoms with Crippen LogP contribution in [0.3, 0.4) is 0 Å². The van der Waals surface area contributed by atoms with Crippen LogP contribution in [0.5, 0.6) is 0 Å². The molecule has 0 aliphatic rings. The maximum Gasteiger partial charge on any atom is 0.253 e. The predicted molar refractivity (Wildman–Crippen MR) is 81.1 cm³/mol. The van der Waals surface area contributed by atoms with Gasteiger partial charge in [-0.05, 0) is 38.7 Å². The Bertz CT molecular complexity index is 421. The van der Waals surface area contributed by atoms with Crippen LogP contribution in [0, 0.1) is 0 Å². The van der Waals surface area contributed by atoms with E-state index in [-0.39, 0.29) is 5.91 Å². The molecule has 106 valence electrons. The van der Waals surface area contributed by atoms with Crippen molar-refractivity contribution in [2.75, 3.05) is 39.0 Å². The normalized spacial score (nSPS) is 10.6. The molecule has 0 fully saturated rings. The van der Waals surface area contributed by atoms with Gasteiger partial charge in [0.2, 0.25) is 0 Å². The van der Waals surface area contributed by atoms with E-state index in [1.54, 1.807) is 12.1 Å². The number of rotatable bonds is 7. The van der Waals surface area contributed by atoms with Crippen LogP contribution in [-0.4, -0.2) is 44.5 Å². The predicted octanol–water partition coefficient (Wildman–Crippen LogP) is 2.45. The molecule has 0 aromatic heterocycles. The van der Waals surface area contributed by atoms with E-state index < -0.39 is 0 Å². The second-order valence-electron chi connectivity index (χ2n) is 4.68. The highest BCUT2D eigenvalue weighted by molar-refractivity contribution is 6.31. The van der Waals surface area contributed by atoms with Gasteiger partial charge in [0.25, 0.3) is 5.91 Å².